The highest BCUT2D eigenvalue weighted by Crippen LogP contribution is 2.25. The molecule has 0 fully saturated rings. The number of carbonyl (C=O) groups excluding carboxylic acids is 1. The van der Waals surface area contributed by atoms with Gasteiger partial charge in [0.25, 0.3) is 5.91 Å². The zero-order valence-corrected chi connectivity index (χ0v) is 20.7. The fraction of sp³-hybridized carbons (Fsp3) is 0.231. The van der Waals surface area contributed by atoms with Crippen molar-refractivity contribution in [2.24, 2.45) is 0 Å². The molecule has 0 saturated carbocycles. The highest BCUT2D eigenvalue weighted by atomic mass is 32.2. The number of aromatic nitrogens is 2. The predicted molar refractivity (Wildman–Crippen MR) is 134 cm³/mol. The summed E-state index contributed by atoms with van der Waals surface area (Å²) in [7, 11) is -2.78. The molecular weight excluding hydrogens is 504 g/mol. The summed E-state index contributed by atoms with van der Waals surface area (Å²) in [5.74, 6) is -0.334. The van der Waals surface area contributed by atoms with Crippen LogP contribution in [0.3, 0.4) is 0 Å². The molecule has 2 aromatic heterocycles. The van der Waals surface area contributed by atoms with Gasteiger partial charge in [-0.05, 0) is 61.0 Å². The van der Waals surface area contributed by atoms with Crippen LogP contribution in [0.2, 0.25) is 0 Å². The molecule has 0 radical (unpaired) electrons. The SMILES string of the molecule is CCn1c(Cc2cccc(OC(F)F)c2)cc2cc(C(=O)N[C@@H](CO)c3ccc([SH](=O)=O)cn3)ccc21. The molecule has 0 aliphatic rings. The first-order chi connectivity index (χ1) is 17.8. The van der Waals surface area contributed by atoms with Gasteiger partial charge in [0.1, 0.15) is 5.75 Å². The second-order valence-corrected chi connectivity index (χ2v) is 9.29. The lowest BCUT2D eigenvalue weighted by atomic mass is 10.1. The van der Waals surface area contributed by atoms with Crippen molar-refractivity contribution in [3.63, 3.8) is 0 Å². The Morgan fingerprint density at radius 2 is 1.95 bits per heavy atom. The van der Waals surface area contributed by atoms with Crippen molar-refractivity contribution in [3.05, 3.63) is 89.4 Å². The maximum Gasteiger partial charge on any atom is 0.387 e. The number of nitrogens with one attached hydrogen (secondary N) is 1. The minimum Gasteiger partial charge on any atom is -0.435 e. The summed E-state index contributed by atoms with van der Waals surface area (Å²) in [6.45, 7) is -0.658. The third-order valence-corrected chi connectivity index (χ3v) is 6.59. The number of ether oxygens (including phenoxy) is 1. The van der Waals surface area contributed by atoms with E-state index in [-0.39, 0.29) is 10.6 Å². The van der Waals surface area contributed by atoms with E-state index in [1.54, 1.807) is 24.3 Å². The molecule has 2 heterocycles. The Labute approximate surface area is 213 Å². The van der Waals surface area contributed by atoms with Crippen molar-refractivity contribution in [2.45, 2.75) is 37.4 Å². The fourth-order valence-electron chi connectivity index (χ4n) is 4.20. The molecule has 11 heteroatoms. The van der Waals surface area contributed by atoms with Crippen molar-refractivity contribution < 1.29 is 31.8 Å². The number of aliphatic hydroxyl groups is 1. The third-order valence-electron chi connectivity index (χ3n) is 5.90. The number of rotatable bonds is 10. The van der Waals surface area contributed by atoms with Gasteiger partial charge in [-0.2, -0.15) is 8.78 Å². The number of amides is 1. The quantitative estimate of drug-likeness (QED) is 0.271. The summed E-state index contributed by atoms with van der Waals surface area (Å²) >= 11 is 0. The number of carbonyl (C=O) groups is 1. The molecule has 1 atom stereocenters. The lowest BCUT2D eigenvalue weighted by Gasteiger charge is -2.16. The summed E-state index contributed by atoms with van der Waals surface area (Å²) in [6.07, 6.45) is 1.65. The molecule has 0 aliphatic carbocycles. The minimum atomic E-state index is -2.90. The lowest BCUT2D eigenvalue weighted by molar-refractivity contribution is -0.0498. The van der Waals surface area contributed by atoms with Crippen LogP contribution in [-0.4, -0.2) is 42.2 Å². The molecule has 8 nitrogen and oxygen atoms in total. The number of fused-ring (bicyclic) bond motifs is 1. The standard InChI is InChI=1S/C26H25F2N3O5S/c1-2-31-19(10-16-4-3-5-20(11-16)36-26(27)28)13-18-12-17(6-9-24(18)31)25(33)30-23(15-32)22-8-7-21(14-29-22)37(34)35/h3-9,11-14,23,26,32,37H,2,10,15H2,1H3,(H,30,33)/t23-/m0/s1. The molecule has 0 saturated heterocycles. The molecule has 4 rings (SSSR count). The number of benzene rings is 2. The van der Waals surface area contributed by atoms with Crippen LogP contribution in [0.15, 0.2) is 71.8 Å². The summed E-state index contributed by atoms with van der Waals surface area (Å²) < 4.78 is 53.9. The number of hydrogen-bond acceptors (Lipinski definition) is 6. The highest BCUT2D eigenvalue weighted by Gasteiger charge is 2.18. The molecule has 0 unspecified atom stereocenters. The first-order valence-electron chi connectivity index (χ1n) is 11.5. The van der Waals surface area contributed by atoms with Crippen LogP contribution in [0.5, 0.6) is 5.75 Å². The number of alkyl halides is 2. The number of aryl methyl sites for hydroxylation is 1. The average Bonchev–Trinajstić information content (AvgIpc) is 3.23. The second-order valence-electron chi connectivity index (χ2n) is 8.26. The summed E-state index contributed by atoms with van der Waals surface area (Å²) in [6, 6.07) is 15.7. The Hall–Kier alpha value is -3.83. The van der Waals surface area contributed by atoms with Crippen LogP contribution >= 0.6 is 0 Å². The van der Waals surface area contributed by atoms with E-state index in [9.17, 15) is 27.1 Å². The van der Waals surface area contributed by atoms with E-state index in [0.717, 1.165) is 22.2 Å². The van der Waals surface area contributed by atoms with Crippen LogP contribution in [0.1, 0.15) is 40.3 Å². The van der Waals surface area contributed by atoms with E-state index in [0.29, 0.717) is 24.2 Å². The zero-order valence-electron chi connectivity index (χ0n) is 19.8. The van der Waals surface area contributed by atoms with Gasteiger partial charge in [-0.3, -0.25) is 9.78 Å². The van der Waals surface area contributed by atoms with Gasteiger partial charge in [-0.25, -0.2) is 8.42 Å². The number of halogens is 2. The molecule has 194 valence electrons. The number of aliphatic hydroxyl groups excluding tert-OH is 1. The largest absolute Gasteiger partial charge is 0.435 e. The smallest absolute Gasteiger partial charge is 0.387 e. The van der Waals surface area contributed by atoms with Crippen molar-refractivity contribution in [1.29, 1.82) is 0 Å². The normalized spacial score (nSPS) is 12.3. The van der Waals surface area contributed by atoms with E-state index in [4.69, 9.17) is 0 Å². The molecule has 0 spiro atoms. The Balaban J connectivity index is 1.56. The monoisotopic (exact) mass is 529 g/mol. The van der Waals surface area contributed by atoms with Crippen molar-refractivity contribution in [3.8, 4) is 5.75 Å². The fourth-order valence-corrected chi connectivity index (χ4v) is 4.54. The van der Waals surface area contributed by atoms with E-state index in [1.807, 2.05) is 25.1 Å². The molecular formula is C26H25F2N3O5S. The van der Waals surface area contributed by atoms with Gasteiger partial charge in [0.05, 0.1) is 23.2 Å². The summed E-state index contributed by atoms with van der Waals surface area (Å²) in [5, 5.41) is 13.3. The van der Waals surface area contributed by atoms with E-state index < -0.39 is 35.9 Å². The third kappa shape index (κ3) is 6.12. The second kappa shape index (κ2) is 11.5. The topological polar surface area (TPSA) is 111 Å². The molecule has 2 aromatic carbocycles. The van der Waals surface area contributed by atoms with Crippen LogP contribution in [0.25, 0.3) is 10.9 Å². The number of pyridine rings is 1. The van der Waals surface area contributed by atoms with Crippen molar-refractivity contribution >= 4 is 27.5 Å². The van der Waals surface area contributed by atoms with Crippen LogP contribution in [0, 0.1) is 0 Å². The molecule has 2 N–H and O–H groups in total. The molecule has 4 aromatic rings. The van der Waals surface area contributed by atoms with E-state index >= 15 is 0 Å². The van der Waals surface area contributed by atoms with Gasteiger partial charge in [0.2, 0.25) is 0 Å². The van der Waals surface area contributed by atoms with E-state index in [2.05, 4.69) is 19.6 Å². The number of thiol groups is 1. The number of hydrogen-bond donors (Lipinski definition) is 3. The maximum absolute atomic E-state index is 13.0. The van der Waals surface area contributed by atoms with Gasteiger partial charge < -0.3 is 19.7 Å². The molecule has 0 bridgehead atoms. The van der Waals surface area contributed by atoms with Crippen LogP contribution < -0.4 is 10.1 Å². The zero-order chi connectivity index (χ0) is 26.5. The lowest BCUT2D eigenvalue weighted by Crippen LogP contribution is -2.31. The van der Waals surface area contributed by atoms with Crippen molar-refractivity contribution in [2.75, 3.05) is 6.61 Å². The Morgan fingerprint density at radius 3 is 2.59 bits per heavy atom. The highest BCUT2D eigenvalue weighted by molar-refractivity contribution is 7.72. The first kappa shape index (κ1) is 26.2. The van der Waals surface area contributed by atoms with Gasteiger partial charge >= 0.3 is 6.61 Å². The minimum absolute atomic E-state index is 0.0386. The van der Waals surface area contributed by atoms with Gasteiger partial charge in [-0.15, -0.1) is 0 Å². The molecule has 37 heavy (non-hydrogen) atoms. The van der Waals surface area contributed by atoms with Crippen LogP contribution in [-0.2, 0) is 23.7 Å². The Kier molecular flexibility index (Phi) is 8.14. The number of nitrogens with zero attached hydrogens (tertiary/aromatic N) is 2. The first-order valence-corrected chi connectivity index (χ1v) is 12.6. The maximum atomic E-state index is 13.0. The average molecular weight is 530 g/mol. The Morgan fingerprint density at radius 1 is 1.14 bits per heavy atom. The van der Waals surface area contributed by atoms with E-state index in [1.165, 1.54) is 24.4 Å². The summed E-state index contributed by atoms with van der Waals surface area (Å²) in [4.78, 5) is 17.0. The van der Waals surface area contributed by atoms with Crippen molar-refractivity contribution in [1.82, 2.24) is 14.9 Å². The molecule has 0 aliphatic heterocycles. The molecule has 1 amide bonds. The Bertz CT molecular complexity index is 1480. The van der Waals surface area contributed by atoms with Gasteiger partial charge in [0.15, 0.2) is 10.7 Å². The van der Waals surface area contributed by atoms with Gasteiger partial charge in [0, 0.05) is 41.3 Å². The predicted octanol–water partition coefficient (Wildman–Crippen LogP) is 3.68. The summed E-state index contributed by atoms with van der Waals surface area (Å²) in [5.41, 5.74) is 3.36. The van der Waals surface area contributed by atoms with Gasteiger partial charge in [-0.1, -0.05) is 12.1 Å². The van der Waals surface area contributed by atoms with Crippen LogP contribution in [0.4, 0.5) is 8.78 Å².